The maximum Gasteiger partial charge on any atom is 0.417 e. The van der Waals surface area contributed by atoms with Gasteiger partial charge in [-0.15, -0.1) is 0 Å². The number of hydrogen-bond acceptors (Lipinski definition) is 6. The van der Waals surface area contributed by atoms with Crippen molar-refractivity contribution in [3.63, 3.8) is 0 Å². The van der Waals surface area contributed by atoms with E-state index in [4.69, 9.17) is 14.2 Å². The first kappa shape index (κ1) is 23.8. The fourth-order valence-corrected chi connectivity index (χ4v) is 5.33. The van der Waals surface area contributed by atoms with Crippen molar-refractivity contribution >= 4 is 10.0 Å². The van der Waals surface area contributed by atoms with Crippen molar-refractivity contribution < 1.29 is 35.8 Å². The first-order chi connectivity index (χ1) is 16.1. The van der Waals surface area contributed by atoms with E-state index >= 15 is 0 Å². The van der Waals surface area contributed by atoms with Crippen LogP contribution in [0, 0.1) is 0 Å². The van der Waals surface area contributed by atoms with Crippen molar-refractivity contribution in [3.8, 4) is 28.6 Å². The molecule has 3 aromatic rings. The molecular formula is C23H21F3N2O5S. The van der Waals surface area contributed by atoms with E-state index in [0.29, 0.717) is 34.2 Å². The van der Waals surface area contributed by atoms with Crippen LogP contribution in [0.1, 0.15) is 11.1 Å². The Kier molecular flexibility index (Phi) is 6.41. The molecular weight excluding hydrogens is 473 g/mol. The van der Waals surface area contributed by atoms with Gasteiger partial charge in [0, 0.05) is 30.3 Å². The lowest BCUT2D eigenvalue weighted by atomic mass is 10.1. The second-order valence-electron chi connectivity index (χ2n) is 7.41. The Hall–Kier alpha value is -3.31. The molecule has 1 aliphatic heterocycles. The molecule has 2 aromatic carbocycles. The van der Waals surface area contributed by atoms with Crippen molar-refractivity contribution in [2.24, 2.45) is 0 Å². The molecule has 11 heteroatoms. The van der Waals surface area contributed by atoms with Crippen LogP contribution in [-0.4, -0.2) is 45.1 Å². The average Bonchev–Trinajstić information content (AvgIpc) is 3.06. The number of rotatable bonds is 5. The van der Waals surface area contributed by atoms with Gasteiger partial charge in [0.1, 0.15) is 6.61 Å². The number of sulfonamides is 1. The summed E-state index contributed by atoms with van der Waals surface area (Å²) in [5, 5.41) is 0. The minimum atomic E-state index is -4.82. The maximum absolute atomic E-state index is 13.5. The number of halogens is 3. The van der Waals surface area contributed by atoms with Crippen molar-refractivity contribution in [1.82, 2.24) is 9.29 Å². The molecule has 2 heterocycles. The van der Waals surface area contributed by atoms with Crippen LogP contribution >= 0.6 is 0 Å². The minimum Gasteiger partial charge on any atom is -0.493 e. The Balaban J connectivity index is 1.79. The standard InChI is InChI=1S/C23H21F3N2O5S/c1-31-19-13-15(18-7-5-9-21(27-18)32-2)12-16-14-28(10-11-33-22(16)19)34(29,30)20-8-4-3-6-17(20)23(24,25)26/h3-9,12-13H,10-11,14H2,1-2H3. The van der Waals surface area contributed by atoms with E-state index in [1.165, 1.54) is 20.3 Å². The lowest BCUT2D eigenvalue weighted by molar-refractivity contribution is -0.139. The van der Waals surface area contributed by atoms with Crippen LogP contribution in [0.3, 0.4) is 0 Å². The number of fused-ring (bicyclic) bond motifs is 1. The molecule has 0 fully saturated rings. The molecule has 0 bridgehead atoms. The molecule has 7 nitrogen and oxygen atoms in total. The highest BCUT2D eigenvalue weighted by molar-refractivity contribution is 7.89. The normalized spacial score (nSPS) is 14.6. The molecule has 0 N–H and O–H groups in total. The van der Waals surface area contributed by atoms with Crippen LogP contribution in [0.25, 0.3) is 11.3 Å². The fraction of sp³-hybridized carbons (Fsp3) is 0.261. The molecule has 34 heavy (non-hydrogen) atoms. The molecule has 0 radical (unpaired) electrons. The van der Waals surface area contributed by atoms with E-state index in [-0.39, 0.29) is 19.7 Å². The van der Waals surface area contributed by atoms with Gasteiger partial charge in [0.2, 0.25) is 15.9 Å². The van der Waals surface area contributed by atoms with Crippen molar-refractivity contribution in [2.45, 2.75) is 17.6 Å². The summed E-state index contributed by atoms with van der Waals surface area (Å²) in [6.07, 6.45) is -4.82. The third kappa shape index (κ3) is 4.53. The molecule has 0 unspecified atom stereocenters. The first-order valence-electron chi connectivity index (χ1n) is 10.2. The van der Waals surface area contributed by atoms with Gasteiger partial charge in [-0.25, -0.2) is 13.4 Å². The number of hydrogen-bond donors (Lipinski definition) is 0. The summed E-state index contributed by atoms with van der Waals surface area (Å²) in [7, 11) is -1.56. The summed E-state index contributed by atoms with van der Waals surface area (Å²) in [6, 6.07) is 12.7. The van der Waals surface area contributed by atoms with Gasteiger partial charge in [0.15, 0.2) is 11.5 Å². The third-order valence-corrected chi connectivity index (χ3v) is 7.23. The molecule has 1 aliphatic rings. The number of pyridine rings is 1. The zero-order valence-corrected chi connectivity index (χ0v) is 19.1. The molecule has 1 aromatic heterocycles. The zero-order chi connectivity index (χ0) is 24.5. The lowest BCUT2D eigenvalue weighted by Crippen LogP contribution is -2.33. The van der Waals surface area contributed by atoms with Gasteiger partial charge in [0.05, 0.1) is 30.4 Å². The number of benzene rings is 2. The summed E-state index contributed by atoms with van der Waals surface area (Å²) in [6.45, 7) is -0.412. The van der Waals surface area contributed by atoms with Gasteiger partial charge in [-0.1, -0.05) is 18.2 Å². The number of alkyl halides is 3. The predicted molar refractivity (Wildman–Crippen MR) is 117 cm³/mol. The van der Waals surface area contributed by atoms with E-state index in [2.05, 4.69) is 4.98 Å². The quantitative estimate of drug-likeness (QED) is 0.524. The summed E-state index contributed by atoms with van der Waals surface area (Å²) in [5.74, 6) is 1.07. The molecule has 0 aliphatic carbocycles. The Morgan fingerprint density at radius 1 is 1.03 bits per heavy atom. The molecule has 180 valence electrons. The summed E-state index contributed by atoms with van der Waals surface area (Å²) in [4.78, 5) is 3.59. The van der Waals surface area contributed by atoms with Crippen molar-refractivity contribution in [1.29, 1.82) is 0 Å². The average molecular weight is 494 g/mol. The summed E-state index contributed by atoms with van der Waals surface area (Å²) >= 11 is 0. The molecule has 4 rings (SSSR count). The highest BCUT2D eigenvalue weighted by atomic mass is 32.2. The Bertz CT molecular complexity index is 1310. The van der Waals surface area contributed by atoms with Crippen molar-refractivity contribution in [2.75, 3.05) is 27.4 Å². The Labute approximate surface area is 194 Å². The Morgan fingerprint density at radius 3 is 2.50 bits per heavy atom. The van der Waals surface area contributed by atoms with Crippen LogP contribution in [-0.2, 0) is 22.7 Å². The number of ether oxygens (including phenoxy) is 3. The van der Waals surface area contributed by atoms with E-state index in [0.717, 1.165) is 22.5 Å². The van der Waals surface area contributed by atoms with Crippen LogP contribution in [0.5, 0.6) is 17.4 Å². The number of aromatic nitrogens is 1. The predicted octanol–water partition coefficient (Wildman–Crippen LogP) is 4.37. The second kappa shape index (κ2) is 9.15. The summed E-state index contributed by atoms with van der Waals surface area (Å²) < 4.78 is 84.6. The fourth-order valence-electron chi connectivity index (χ4n) is 3.72. The van der Waals surface area contributed by atoms with Gasteiger partial charge in [-0.2, -0.15) is 17.5 Å². The zero-order valence-electron chi connectivity index (χ0n) is 18.3. The van der Waals surface area contributed by atoms with E-state index in [9.17, 15) is 21.6 Å². The third-order valence-electron chi connectivity index (χ3n) is 5.32. The highest BCUT2D eigenvalue weighted by Crippen LogP contribution is 2.40. The van der Waals surface area contributed by atoms with Crippen LogP contribution in [0.2, 0.25) is 0 Å². The molecule has 0 atom stereocenters. The highest BCUT2D eigenvalue weighted by Gasteiger charge is 2.39. The van der Waals surface area contributed by atoms with Crippen LogP contribution in [0.15, 0.2) is 59.5 Å². The van der Waals surface area contributed by atoms with Gasteiger partial charge in [-0.05, 0) is 30.3 Å². The van der Waals surface area contributed by atoms with Crippen LogP contribution < -0.4 is 14.2 Å². The van der Waals surface area contributed by atoms with E-state index in [1.54, 1.807) is 30.3 Å². The monoisotopic (exact) mass is 494 g/mol. The minimum absolute atomic E-state index is 0.0620. The second-order valence-corrected chi connectivity index (χ2v) is 9.32. The molecule has 0 spiro atoms. The number of methoxy groups -OCH3 is 2. The first-order valence-corrected chi connectivity index (χ1v) is 11.6. The topological polar surface area (TPSA) is 78.0 Å². The van der Waals surface area contributed by atoms with Crippen LogP contribution in [0.4, 0.5) is 13.2 Å². The molecule has 0 saturated heterocycles. The lowest BCUT2D eigenvalue weighted by Gasteiger charge is -2.22. The SMILES string of the molecule is COc1cccc(-c2cc3c(c(OC)c2)OCCN(S(=O)(=O)c2ccccc2C(F)(F)F)C3)n1. The van der Waals surface area contributed by atoms with Crippen molar-refractivity contribution in [3.05, 3.63) is 65.7 Å². The van der Waals surface area contributed by atoms with Gasteiger partial charge < -0.3 is 14.2 Å². The molecule has 0 saturated carbocycles. The van der Waals surface area contributed by atoms with Gasteiger partial charge >= 0.3 is 6.18 Å². The van der Waals surface area contributed by atoms with Gasteiger partial charge in [-0.3, -0.25) is 0 Å². The maximum atomic E-state index is 13.5. The summed E-state index contributed by atoms with van der Waals surface area (Å²) in [5.41, 5.74) is 0.367. The largest absolute Gasteiger partial charge is 0.493 e. The van der Waals surface area contributed by atoms with E-state index < -0.39 is 26.7 Å². The number of nitrogens with zero attached hydrogens (tertiary/aromatic N) is 2. The Morgan fingerprint density at radius 2 is 1.79 bits per heavy atom. The van der Waals surface area contributed by atoms with E-state index in [1.807, 2.05) is 0 Å². The van der Waals surface area contributed by atoms with Gasteiger partial charge in [0.25, 0.3) is 0 Å². The smallest absolute Gasteiger partial charge is 0.417 e. The molecule has 0 amide bonds.